The number of hydrogen-bond donors (Lipinski definition) is 2. The Morgan fingerprint density at radius 2 is 2.12 bits per heavy atom. The fraction of sp³-hybridized carbons (Fsp3) is 0.316. The van der Waals surface area contributed by atoms with E-state index in [2.05, 4.69) is 41.6 Å². The van der Waals surface area contributed by atoms with E-state index in [0.29, 0.717) is 30.0 Å². The summed E-state index contributed by atoms with van der Waals surface area (Å²) in [5, 5.41) is 6.46. The van der Waals surface area contributed by atoms with E-state index in [1.807, 2.05) is 6.07 Å². The molecule has 1 aliphatic rings. The van der Waals surface area contributed by atoms with E-state index in [-0.39, 0.29) is 17.9 Å². The number of nitrogens with zero attached hydrogens (tertiary/aromatic N) is 1. The maximum absolute atomic E-state index is 12.6. The van der Waals surface area contributed by atoms with Gasteiger partial charge in [-0.2, -0.15) is 0 Å². The van der Waals surface area contributed by atoms with Crippen molar-refractivity contribution in [2.75, 3.05) is 6.54 Å². The summed E-state index contributed by atoms with van der Waals surface area (Å²) in [6.45, 7) is 4.62. The average molecular weight is 355 g/mol. The van der Waals surface area contributed by atoms with Crippen LogP contribution < -0.4 is 10.6 Å². The van der Waals surface area contributed by atoms with Gasteiger partial charge < -0.3 is 10.6 Å². The van der Waals surface area contributed by atoms with Crippen molar-refractivity contribution in [3.63, 3.8) is 0 Å². The molecule has 5 nitrogen and oxygen atoms in total. The molecule has 2 heterocycles. The number of nitrogens with one attached hydrogen (secondary N) is 2. The summed E-state index contributed by atoms with van der Waals surface area (Å²) < 4.78 is 0. The second-order valence-corrected chi connectivity index (χ2v) is 7.28. The zero-order valence-electron chi connectivity index (χ0n) is 14.3. The van der Waals surface area contributed by atoms with E-state index in [0.717, 1.165) is 4.90 Å². The highest BCUT2D eigenvalue weighted by atomic mass is 32.2. The normalized spacial score (nSPS) is 17.0. The fourth-order valence-corrected chi connectivity index (χ4v) is 3.63. The number of benzene rings is 1. The Bertz CT molecular complexity index is 797. The number of carbonyl (C=O) groups excluding carboxylic acids is 2. The van der Waals surface area contributed by atoms with Crippen LogP contribution in [0.3, 0.4) is 0 Å². The minimum atomic E-state index is -0.152. The van der Waals surface area contributed by atoms with Crippen molar-refractivity contribution in [2.45, 2.75) is 42.7 Å². The Morgan fingerprint density at radius 1 is 1.28 bits per heavy atom. The fourth-order valence-electron chi connectivity index (χ4n) is 2.65. The van der Waals surface area contributed by atoms with Crippen LogP contribution >= 0.6 is 11.8 Å². The van der Waals surface area contributed by atoms with Gasteiger partial charge in [0, 0.05) is 30.1 Å². The van der Waals surface area contributed by atoms with Crippen LogP contribution in [0, 0.1) is 13.8 Å². The molecule has 1 aromatic carbocycles. The first-order valence-corrected chi connectivity index (χ1v) is 9.12. The lowest BCUT2D eigenvalue weighted by Gasteiger charge is -2.23. The summed E-state index contributed by atoms with van der Waals surface area (Å²) in [6, 6.07) is 9.73. The van der Waals surface area contributed by atoms with Gasteiger partial charge in [-0.05, 0) is 55.7 Å². The van der Waals surface area contributed by atoms with Crippen LogP contribution in [0.1, 0.15) is 34.3 Å². The Hall–Kier alpha value is -2.34. The lowest BCUT2D eigenvalue weighted by molar-refractivity contribution is -0.122. The van der Waals surface area contributed by atoms with Crippen LogP contribution in [0.15, 0.2) is 46.5 Å². The standard InChI is InChI=1S/C19H21N3O2S/c1-12-5-7-15(10-13(12)2)25-19-16(4-3-9-20-19)18(24)22-14-6-8-17(23)21-11-14/h3-5,7,9-10,14H,6,8,11H2,1-2H3,(H,21,23)(H,22,24). The van der Waals surface area contributed by atoms with E-state index in [9.17, 15) is 9.59 Å². The number of hydrogen-bond acceptors (Lipinski definition) is 4. The second kappa shape index (κ2) is 7.70. The summed E-state index contributed by atoms with van der Waals surface area (Å²) >= 11 is 1.49. The largest absolute Gasteiger partial charge is 0.354 e. The summed E-state index contributed by atoms with van der Waals surface area (Å²) in [6.07, 6.45) is 2.81. The van der Waals surface area contributed by atoms with Crippen molar-refractivity contribution < 1.29 is 9.59 Å². The number of aromatic nitrogens is 1. The van der Waals surface area contributed by atoms with E-state index >= 15 is 0 Å². The molecule has 1 aliphatic heterocycles. The summed E-state index contributed by atoms with van der Waals surface area (Å²) in [4.78, 5) is 29.3. The minimum absolute atomic E-state index is 0.0372. The van der Waals surface area contributed by atoms with E-state index < -0.39 is 0 Å². The van der Waals surface area contributed by atoms with Gasteiger partial charge in [0.25, 0.3) is 5.91 Å². The van der Waals surface area contributed by atoms with Crippen LogP contribution in [0.5, 0.6) is 0 Å². The highest BCUT2D eigenvalue weighted by molar-refractivity contribution is 7.99. The number of rotatable bonds is 4. The smallest absolute Gasteiger partial charge is 0.254 e. The SMILES string of the molecule is Cc1ccc(Sc2ncccc2C(=O)NC2CCC(=O)NC2)cc1C. The van der Waals surface area contributed by atoms with Crippen molar-refractivity contribution >= 4 is 23.6 Å². The monoisotopic (exact) mass is 355 g/mol. The van der Waals surface area contributed by atoms with Gasteiger partial charge >= 0.3 is 0 Å². The first kappa shape index (κ1) is 17.5. The first-order chi connectivity index (χ1) is 12.0. The van der Waals surface area contributed by atoms with Crippen LogP contribution in [0.2, 0.25) is 0 Å². The van der Waals surface area contributed by atoms with Gasteiger partial charge in [-0.25, -0.2) is 4.98 Å². The maximum Gasteiger partial charge on any atom is 0.254 e. The topological polar surface area (TPSA) is 71.1 Å². The van der Waals surface area contributed by atoms with Crippen molar-refractivity contribution in [3.8, 4) is 0 Å². The third-order valence-corrected chi connectivity index (χ3v) is 5.32. The summed E-state index contributed by atoms with van der Waals surface area (Å²) in [7, 11) is 0. The summed E-state index contributed by atoms with van der Waals surface area (Å²) in [5.74, 6) is -0.113. The average Bonchev–Trinajstić information content (AvgIpc) is 2.60. The van der Waals surface area contributed by atoms with Crippen molar-refractivity contribution in [2.24, 2.45) is 0 Å². The Balaban J connectivity index is 1.74. The number of amides is 2. The molecular formula is C19H21N3O2S. The van der Waals surface area contributed by atoms with Crippen LogP contribution in [0.4, 0.5) is 0 Å². The molecular weight excluding hydrogens is 334 g/mol. The zero-order chi connectivity index (χ0) is 17.8. The molecule has 1 saturated heterocycles. The molecule has 2 aromatic rings. The third-order valence-electron chi connectivity index (χ3n) is 4.31. The number of piperidine rings is 1. The van der Waals surface area contributed by atoms with Crippen molar-refractivity contribution in [1.82, 2.24) is 15.6 Å². The molecule has 0 saturated carbocycles. The van der Waals surface area contributed by atoms with Gasteiger partial charge in [0.15, 0.2) is 0 Å². The zero-order valence-corrected chi connectivity index (χ0v) is 15.2. The van der Waals surface area contributed by atoms with Gasteiger partial charge in [0.2, 0.25) is 5.91 Å². The predicted molar refractivity (Wildman–Crippen MR) is 97.8 cm³/mol. The molecule has 1 unspecified atom stereocenters. The third kappa shape index (κ3) is 4.39. The highest BCUT2D eigenvalue weighted by Crippen LogP contribution is 2.30. The Labute approximate surface area is 151 Å². The minimum Gasteiger partial charge on any atom is -0.354 e. The molecule has 3 rings (SSSR count). The molecule has 0 spiro atoms. The molecule has 0 radical (unpaired) electrons. The van der Waals surface area contributed by atoms with Gasteiger partial charge in [-0.3, -0.25) is 9.59 Å². The van der Waals surface area contributed by atoms with Crippen LogP contribution in [-0.2, 0) is 4.79 Å². The second-order valence-electron chi connectivity index (χ2n) is 6.22. The first-order valence-electron chi connectivity index (χ1n) is 8.30. The predicted octanol–water partition coefficient (Wildman–Crippen LogP) is 2.86. The number of aryl methyl sites for hydroxylation is 2. The number of carbonyl (C=O) groups is 2. The van der Waals surface area contributed by atoms with Crippen molar-refractivity contribution in [1.29, 1.82) is 0 Å². The van der Waals surface area contributed by atoms with E-state index in [1.54, 1.807) is 18.3 Å². The molecule has 1 fully saturated rings. The molecule has 0 bridgehead atoms. The van der Waals surface area contributed by atoms with E-state index in [1.165, 1.54) is 22.9 Å². The van der Waals surface area contributed by atoms with Crippen LogP contribution in [-0.4, -0.2) is 29.4 Å². The highest BCUT2D eigenvalue weighted by Gasteiger charge is 2.22. The summed E-state index contributed by atoms with van der Waals surface area (Å²) in [5.41, 5.74) is 3.01. The molecule has 25 heavy (non-hydrogen) atoms. The lowest BCUT2D eigenvalue weighted by Crippen LogP contribution is -2.47. The molecule has 130 valence electrons. The van der Waals surface area contributed by atoms with Crippen molar-refractivity contribution in [3.05, 3.63) is 53.2 Å². The molecule has 1 atom stereocenters. The molecule has 0 aliphatic carbocycles. The number of pyridine rings is 1. The van der Waals surface area contributed by atoms with Gasteiger partial charge in [-0.1, -0.05) is 17.8 Å². The van der Waals surface area contributed by atoms with Gasteiger partial charge in [0.1, 0.15) is 5.03 Å². The Morgan fingerprint density at radius 3 is 2.84 bits per heavy atom. The van der Waals surface area contributed by atoms with Gasteiger partial charge in [0.05, 0.1) is 5.56 Å². The molecule has 2 N–H and O–H groups in total. The van der Waals surface area contributed by atoms with Gasteiger partial charge in [-0.15, -0.1) is 0 Å². The lowest BCUT2D eigenvalue weighted by atomic mass is 10.1. The van der Waals surface area contributed by atoms with E-state index in [4.69, 9.17) is 0 Å². The quantitative estimate of drug-likeness (QED) is 0.885. The van der Waals surface area contributed by atoms with Crippen LogP contribution in [0.25, 0.3) is 0 Å². The Kier molecular flexibility index (Phi) is 5.38. The molecule has 1 aromatic heterocycles. The molecule has 6 heteroatoms. The maximum atomic E-state index is 12.6. The molecule has 2 amide bonds.